The Labute approximate surface area is 183 Å². The smallest absolute Gasteiger partial charge is 0.325 e. The van der Waals surface area contributed by atoms with Gasteiger partial charge in [0, 0.05) is 31.7 Å². The molecule has 8 nitrogen and oxygen atoms in total. The number of likely N-dealkylation sites (tertiary alicyclic amines) is 1. The van der Waals surface area contributed by atoms with E-state index in [0.717, 1.165) is 5.56 Å². The summed E-state index contributed by atoms with van der Waals surface area (Å²) in [4.78, 5) is 41.3. The molecule has 4 amide bonds. The number of benzene rings is 1. The van der Waals surface area contributed by atoms with Gasteiger partial charge in [-0.25, -0.2) is 4.79 Å². The molecule has 1 spiro atoms. The number of hydrogen-bond acceptors (Lipinski definition) is 5. The summed E-state index contributed by atoms with van der Waals surface area (Å²) in [5, 5.41) is 2.46. The number of hydrogen-bond donors (Lipinski definition) is 2. The first kappa shape index (κ1) is 24.0. The van der Waals surface area contributed by atoms with Gasteiger partial charge in [0.15, 0.2) is 0 Å². The first-order valence-electron chi connectivity index (χ1n) is 10.1. The van der Waals surface area contributed by atoms with Crippen molar-refractivity contribution in [1.29, 1.82) is 0 Å². The molecule has 1 aromatic rings. The average molecular weight is 439 g/mol. The van der Waals surface area contributed by atoms with E-state index in [2.05, 4.69) is 5.32 Å². The quantitative estimate of drug-likeness (QED) is 0.660. The third-order valence-electron chi connectivity index (χ3n) is 5.64. The highest BCUT2D eigenvalue weighted by Gasteiger charge is 2.54. The number of carbonyl (C=O) groups is 3. The molecule has 2 heterocycles. The number of carbonyl (C=O) groups excluding carboxylic acids is 3. The highest BCUT2D eigenvalue weighted by Crippen LogP contribution is 2.34. The van der Waals surface area contributed by atoms with Crippen molar-refractivity contribution in [2.45, 2.75) is 39.2 Å². The molecule has 2 aliphatic heterocycles. The van der Waals surface area contributed by atoms with Crippen molar-refractivity contribution in [2.75, 3.05) is 32.8 Å². The lowest BCUT2D eigenvalue weighted by atomic mass is 9.85. The van der Waals surface area contributed by atoms with Crippen LogP contribution < -0.4 is 15.8 Å². The number of halogens is 1. The normalized spacial score (nSPS) is 17.9. The fourth-order valence-electron chi connectivity index (χ4n) is 4.04. The van der Waals surface area contributed by atoms with Crippen LogP contribution >= 0.6 is 12.4 Å². The van der Waals surface area contributed by atoms with Crippen LogP contribution in [-0.4, -0.2) is 66.0 Å². The number of imide groups is 1. The molecule has 0 bridgehead atoms. The standard InChI is InChI=1S/C21H30N4O4.ClH/c1-14(2)13-25-20(28)23-19(27)21(25)6-9-24(10-7-21)18(26)16-5-4-15(3)17(12-16)29-11-8-22;/h4-5,12,14H,6-11,13,22H2,1-3H3,(H,23,27,28);1H. The SMILES string of the molecule is Cc1ccc(C(=O)N2CCC3(CC2)C(=O)NC(=O)N3CC(C)C)cc1OCCN.Cl. The molecular formula is C21H31ClN4O4. The Kier molecular flexibility index (Phi) is 7.71. The van der Waals surface area contributed by atoms with Crippen LogP contribution in [0.25, 0.3) is 0 Å². The molecule has 166 valence electrons. The van der Waals surface area contributed by atoms with Gasteiger partial charge >= 0.3 is 6.03 Å². The van der Waals surface area contributed by atoms with Crippen LogP contribution in [0, 0.1) is 12.8 Å². The molecule has 1 aromatic carbocycles. The van der Waals surface area contributed by atoms with Gasteiger partial charge in [0.05, 0.1) is 0 Å². The van der Waals surface area contributed by atoms with Crippen molar-refractivity contribution >= 4 is 30.3 Å². The number of urea groups is 1. The van der Waals surface area contributed by atoms with E-state index in [1.807, 2.05) is 26.8 Å². The maximum absolute atomic E-state index is 13.0. The van der Waals surface area contributed by atoms with Crippen LogP contribution in [0.15, 0.2) is 18.2 Å². The number of aryl methyl sites for hydroxylation is 1. The van der Waals surface area contributed by atoms with Crippen LogP contribution in [0.1, 0.15) is 42.6 Å². The van der Waals surface area contributed by atoms with Crippen molar-refractivity contribution in [3.05, 3.63) is 29.3 Å². The Hall–Kier alpha value is -2.32. The Morgan fingerprint density at radius 1 is 1.27 bits per heavy atom. The van der Waals surface area contributed by atoms with E-state index in [1.165, 1.54) is 0 Å². The fraction of sp³-hybridized carbons (Fsp3) is 0.571. The maximum atomic E-state index is 13.0. The molecule has 2 aliphatic rings. The van der Waals surface area contributed by atoms with Crippen LogP contribution in [0.5, 0.6) is 5.75 Å². The summed E-state index contributed by atoms with van der Waals surface area (Å²) in [6, 6.07) is 5.06. The zero-order valence-electron chi connectivity index (χ0n) is 17.8. The molecule has 0 aromatic heterocycles. The van der Waals surface area contributed by atoms with Crippen molar-refractivity contribution in [2.24, 2.45) is 11.7 Å². The molecule has 2 fully saturated rings. The third-order valence-corrected chi connectivity index (χ3v) is 5.64. The molecule has 0 aliphatic carbocycles. The molecule has 3 rings (SSSR count). The lowest BCUT2D eigenvalue weighted by Crippen LogP contribution is -2.58. The van der Waals surface area contributed by atoms with Crippen molar-refractivity contribution < 1.29 is 19.1 Å². The maximum Gasteiger partial charge on any atom is 0.325 e. The second-order valence-corrected chi connectivity index (χ2v) is 8.20. The molecule has 0 unspecified atom stereocenters. The predicted molar refractivity (Wildman–Crippen MR) is 116 cm³/mol. The Balaban J connectivity index is 0.00000320. The second kappa shape index (κ2) is 9.66. The van der Waals surface area contributed by atoms with E-state index in [1.54, 1.807) is 21.9 Å². The largest absolute Gasteiger partial charge is 0.492 e. The minimum Gasteiger partial charge on any atom is -0.492 e. The van der Waals surface area contributed by atoms with Gasteiger partial charge in [-0.1, -0.05) is 19.9 Å². The lowest BCUT2D eigenvalue weighted by Gasteiger charge is -2.42. The van der Waals surface area contributed by atoms with Crippen LogP contribution in [-0.2, 0) is 4.79 Å². The topological polar surface area (TPSA) is 105 Å². The first-order valence-corrected chi connectivity index (χ1v) is 10.1. The van der Waals surface area contributed by atoms with E-state index in [4.69, 9.17) is 10.5 Å². The van der Waals surface area contributed by atoms with Gasteiger partial charge in [0.1, 0.15) is 17.9 Å². The lowest BCUT2D eigenvalue weighted by molar-refractivity contribution is -0.129. The molecule has 9 heteroatoms. The van der Waals surface area contributed by atoms with Gasteiger partial charge < -0.3 is 20.3 Å². The van der Waals surface area contributed by atoms with Crippen molar-refractivity contribution in [3.63, 3.8) is 0 Å². The van der Waals surface area contributed by atoms with E-state index in [-0.39, 0.29) is 36.2 Å². The molecular weight excluding hydrogens is 408 g/mol. The second-order valence-electron chi connectivity index (χ2n) is 8.20. The van der Waals surface area contributed by atoms with Crippen LogP contribution in [0.2, 0.25) is 0 Å². The summed E-state index contributed by atoms with van der Waals surface area (Å²) in [6.07, 6.45) is 0.872. The summed E-state index contributed by atoms with van der Waals surface area (Å²) in [5.41, 5.74) is 6.14. The fourth-order valence-corrected chi connectivity index (χ4v) is 4.04. The van der Waals surface area contributed by atoms with Crippen LogP contribution in [0.4, 0.5) is 4.79 Å². The molecule has 30 heavy (non-hydrogen) atoms. The number of rotatable bonds is 6. The number of amides is 4. The highest BCUT2D eigenvalue weighted by atomic mass is 35.5. The van der Waals surface area contributed by atoms with Gasteiger partial charge in [-0.2, -0.15) is 0 Å². The Bertz CT molecular complexity index is 806. The molecule has 0 radical (unpaired) electrons. The van der Waals surface area contributed by atoms with Crippen molar-refractivity contribution in [1.82, 2.24) is 15.1 Å². The van der Waals surface area contributed by atoms with Crippen molar-refractivity contribution in [3.8, 4) is 5.75 Å². The molecule has 2 saturated heterocycles. The minimum atomic E-state index is -0.846. The number of ether oxygens (including phenoxy) is 1. The van der Waals surface area contributed by atoms with E-state index < -0.39 is 5.54 Å². The Morgan fingerprint density at radius 2 is 1.93 bits per heavy atom. The highest BCUT2D eigenvalue weighted by molar-refractivity contribution is 6.07. The number of piperidine rings is 1. The summed E-state index contributed by atoms with van der Waals surface area (Å²) < 4.78 is 5.62. The summed E-state index contributed by atoms with van der Waals surface area (Å²) in [7, 11) is 0. The minimum absolute atomic E-state index is 0. The number of nitrogens with zero attached hydrogens (tertiary/aromatic N) is 2. The third kappa shape index (κ3) is 4.54. The van der Waals surface area contributed by atoms with Crippen LogP contribution in [0.3, 0.4) is 0 Å². The first-order chi connectivity index (χ1) is 13.8. The molecule has 0 saturated carbocycles. The van der Waals surface area contributed by atoms with E-state index >= 15 is 0 Å². The van der Waals surface area contributed by atoms with Gasteiger partial charge in [-0.3, -0.25) is 14.9 Å². The zero-order chi connectivity index (χ0) is 21.2. The summed E-state index contributed by atoms with van der Waals surface area (Å²) >= 11 is 0. The summed E-state index contributed by atoms with van der Waals surface area (Å²) in [6.45, 7) is 8.10. The number of nitrogens with two attached hydrogens (primary N) is 1. The van der Waals surface area contributed by atoms with Gasteiger partial charge in [0.2, 0.25) is 0 Å². The van der Waals surface area contributed by atoms with Gasteiger partial charge in [-0.15, -0.1) is 12.4 Å². The number of nitrogens with one attached hydrogen (secondary N) is 1. The van der Waals surface area contributed by atoms with E-state index in [0.29, 0.717) is 56.9 Å². The van der Waals surface area contributed by atoms with Gasteiger partial charge in [0.25, 0.3) is 11.8 Å². The Morgan fingerprint density at radius 3 is 2.53 bits per heavy atom. The zero-order valence-corrected chi connectivity index (χ0v) is 18.6. The monoisotopic (exact) mass is 438 g/mol. The molecule has 3 N–H and O–H groups in total. The van der Waals surface area contributed by atoms with Gasteiger partial charge in [-0.05, 0) is 43.4 Å². The average Bonchev–Trinajstić information content (AvgIpc) is 2.91. The van der Waals surface area contributed by atoms with E-state index in [9.17, 15) is 14.4 Å². The predicted octanol–water partition coefficient (Wildman–Crippen LogP) is 1.94. The summed E-state index contributed by atoms with van der Waals surface area (Å²) in [5.74, 6) is 0.557. The molecule has 0 atom stereocenters.